The van der Waals surface area contributed by atoms with Crippen molar-refractivity contribution >= 4 is 11.4 Å². The van der Waals surface area contributed by atoms with Gasteiger partial charge in [-0.1, -0.05) is 19.4 Å². The molecule has 0 radical (unpaired) electrons. The van der Waals surface area contributed by atoms with Gasteiger partial charge in [-0.15, -0.1) is 0 Å². The molecular formula is C33H56N7O2+. The van der Waals surface area contributed by atoms with E-state index in [1.54, 1.807) is 0 Å². The van der Waals surface area contributed by atoms with Crippen molar-refractivity contribution in [3.63, 3.8) is 0 Å². The SMILES string of the molecule is CC[N+]1(C2CC(CN(C)C3CC(CCC4Nc5ccc(C6(C)CCC6)cc5N4)C3)C(O)C2O)CCC2C(N)NCNC21. The zero-order chi connectivity index (χ0) is 29.2. The lowest BCUT2D eigenvalue weighted by molar-refractivity contribution is -0.968. The van der Waals surface area contributed by atoms with Crippen LogP contribution in [-0.2, 0) is 5.41 Å². The molecule has 234 valence electrons. The van der Waals surface area contributed by atoms with Crippen molar-refractivity contribution in [3.8, 4) is 0 Å². The number of aliphatic hydroxyl groups excluding tert-OH is 2. The van der Waals surface area contributed by atoms with E-state index in [2.05, 4.69) is 65.3 Å². The maximum atomic E-state index is 11.3. The van der Waals surface area contributed by atoms with Crippen LogP contribution in [0.4, 0.5) is 11.4 Å². The van der Waals surface area contributed by atoms with Gasteiger partial charge in [-0.2, -0.15) is 0 Å². The van der Waals surface area contributed by atoms with Gasteiger partial charge >= 0.3 is 0 Å². The van der Waals surface area contributed by atoms with E-state index in [-0.39, 0.29) is 24.3 Å². The number of anilines is 2. The third-order valence-electron chi connectivity index (χ3n) is 13.0. The molecule has 2 saturated heterocycles. The molecule has 8 N–H and O–H groups in total. The third-order valence-corrected chi connectivity index (χ3v) is 13.0. The lowest BCUT2D eigenvalue weighted by Gasteiger charge is -2.48. The molecule has 5 fully saturated rings. The van der Waals surface area contributed by atoms with Crippen molar-refractivity contribution in [2.45, 2.75) is 120 Å². The van der Waals surface area contributed by atoms with Gasteiger partial charge in [-0.25, -0.2) is 0 Å². The number of hydrogen-bond acceptors (Lipinski definition) is 8. The van der Waals surface area contributed by atoms with E-state index in [4.69, 9.17) is 5.73 Å². The van der Waals surface area contributed by atoms with Crippen molar-refractivity contribution in [2.24, 2.45) is 23.5 Å². The van der Waals surface area contributed by atoms with E-state index in [0.29, 0.717) is 30.2 Å². The number of nitrogens with two attached hydrogens (primary N) is 1. The average molecular weight is 583 g/mol. The number of aliphatic hydroxyl groups is 2. The Morgan fingerprint density at radius 2 is 1.83 bits per heavy atom. The van der Waals surface area contributed by atoms with Gasteiger partial charge in [0.15, 0.2) is 0 Å². The summed E-state index contributed by atoms with van der Waals surface area (Å²) < 4.78 is 0.845. The lowest BCUT2D eigenvalue weighted by atomic mass is 9.66. The zero-order valence-corrected chi connectivity index (χ0v) is 26.1. The van der Waals surface area contributed by atoms with Crippen molar-refractivity contribution in [1.29, 1.82) is 0 Å². The maximum Gasteiger partial charge on any atom is 0.150 e. The molecule has 9 unspecified atom stereocenters. The molecule has 1 aromatic carbocycles. The van der Waals surface area contributed by atoms with Crippen molar-refractivity contribution in [3.05, 3.63) is 23.8 Å². The van der Waals surface area contributed by atoms with Gasteiger partial charge < -0.3 is 36.0 Å². The first kappa shape index (κ1) is 29.3. The summed E-state index contributed by atoms with van der Waals surface area (Å²) in [4.78, 5) is 2.48. The Labute approximate surface area is 252 Å². The number of likely N-dealkylation sites (N-methyl/N-ethyl adjacent to an activating group) is 1. The predicted molar refractivity (Wildman–Crippen MR) is 168 cm³/mol. The van der Waals surface area contributed by atoms with E-state index < -0.39 is 12.2 Å². The normalized spacial score (nSPS) is 43.7. The van der Waals surface area contributed by atoms with Gasteiger partial charge in [0, 0.05) is 31.3 Å². The van der Waals surface area contributed by atoms with Crippen molar-refractivity contribution < 1.29 is 14.7 Å². The lowest BCUT2D eigenvalue weighted by Crippen LogP contribution is -2.71. The standard InChI is InChI=1S/C33H56N7O2/c1-4-40(13-10-24-31(34)35-19-36-32(24)40)27-16-21(29(41)30(27)42)18-39(3)23-14-20(15-23)6-9-28-37-25-8-7-22(17-26(25)38-28)33(2)11-5-12-33/h7-8,17,20-21,23-24,27-32,35-38,41-42H,4-6,9-16,18-19,34H2,1-3H3/q+1. The summed E-state index contributed by atoms with van der Waals surface area (Å²) in [6.45, 7) is 8.20. The number of benzene rings is 1. The van der Waals surface area contributed by atoms with Gasteiger partial charge in [-0.05, 0) is 81.5 Å². The largest absolute Gasteiger partial charge is 0.390 e. The van der Waals surface area contributed by atoms with Crippen LogP contribution in [-0.4, -0.2) is 95.7 Å². The minimum absolute atomic E-state index is 0.00344. The van der Waals surface area contributed by atoms with E-state index in [9.17, 15) is 10.2 Å². The Morgan fingerprint density at radius 1 is 1.05 bits per heavy atom. The summed E-state index contributed by atoms with van der Waals surface area (Å²) >= 11 is 0. The highest BCUT2D eigenvalue weighted by atomic mass is 16.3. The molecule has 3 saturated carbocycles. The highest BCUT2D eigenvalue weighted by molar-refractivity contribution is 5.75. The Bertz CT molecular complexity index is 1130. The Balaban J connectivity index is 0.880. The number of hydrogen-bond donors (Lipinski definition) is 7. The molecular weight excluding hydrogens is 526 g/mol. The van der Waals surface area contributed by atoms with Crippen LogP contribution in [0.25, 0.3) is 0 Å². The van der Waals surface area contributed by atoms with Crippen LogP contribution in [0.1, 0.15) is 77.2 Å². The van der Waals surface area contributed by atoms with E-state index in [1.807, 2.05) is 0 Å². The first-order valence-electron chi connectivity index (χ1n) is 17.0. The number of fused-ring (bicyclic) bond motifs is 2. The second kappa shape index (κ2) is 11.2. The van der Waals surface area contributed by atoms with Gasteiger partial charge in [0.2, 0.25) is 0 Å². The number of nitrogens with zero attached hydrogens (tertiary/aromatic N) is 2. The van der Waals surface area contributed by atoms with Crippen molar-refractivity contribution in [2.75, 3.05) is 44.0 Å². The van der Waals surface area contributed by atoms with Gasteiger partial charge in [0.05, 0.1) is 55.5 Å². The van der Waals surface area contributed by atoms with Crippen LogP contribution in [0.15, 0.2) is 18.2 Å². The van der Waals surface area contributed by atoms with Crippen LogP contribution >= 0.6 is 0 Å². The van der Waals surface area contributed by atoms with E-state index in [1.165, 1.54) is 55.5 Å². The summed E-state index contributed by atoms with van der Waals surface area (Å²) in [6.07, 6.45) is 10.0. The number of quaternary nitrogens is 1. The fourth-order valence-electron chi connectivity index (χ4n) is 9.90. The topological polar surface area (TPSA) is 118 Å². The van der Waals surface area contributed by atoms with Crippen LogP contribution < -0.4 is 27.0 Å². The average Bonchev–Trinajstić information content (AvgIpc) is 3.61. The monoisotopic (exact) mass is 582 g/mol. The van der Waals surface area contributed by atoms with Crippen LogP contribution in [0.2, 0.25) is 0 Å². The number of likely N-dealkylation sites (tertiary alicyclic amines) is 1. The van der Waals surface area contributed by atoms with Crippen LogP contribution in [0, 0.1) is 17.8 Å². The second-order valence-electron chi connectivity index (χ2n) is 15.2. The molecule has 9 nitrogen and oxygen atoms in total. The molecule has 1 aromatic rings. The molecule has 0 bridgehead atoms. The Hall–Kier alpha value is -1.46. The molecule has 3 heterocycles. The fourth-order valence-corrected chi connectivity index (χ4v) is 9.90. The maximum absolute atomic E-state index is 11.3. The van der Waals surface area contributed by atoms with E-state index >= 15 is 0 Å². The van der Waals surface area contributed by atoms with Crippen molar-refractivity contribution in [1.82, 2.24) is 15.5 Å². The summed E-state index contributed by atoms with van der Waals surface area (Å²) in [7, 11) is 2.23. The highest BCUT2D eigenvalue weighted by Crippen LogP contribution is 2.46. The van der Waals surface area contributed by atoms with Gasteiger partial charge in [0.1, 0.15) is 18.3 Å². The molecule has 6 aliphatic rings. The molecule has 3 aliphatic heterocycles. The summed E-state index contributed by atoms with van der Waals surface area (Å²) in [5.41, 5.74) is 10.8. The molecule has 0 amide bonds. The number of rotatable bonds is 9. The molecule has 9 heteroatoms. The highest BCUT2D eigenvalue weighted by Gasteiger charge is 2.60. The first-order chi connectivity index (χ1) is 20.2. The molecule has 42 heavy (non-hydrogen) atoms. The minimum Gasteiger partial charge on any atom is -0.390 e. The third kappa shape index (κ3) is 4.88. The molecule has 0 aromatic heterocycles. The number of nitrogens with one attached hydrogen (secondary N) is 4. The van der Waals surface area contributed by atoms with Gasteiger partial charge in [0.25, 0.3) is 0 Å². The minimum atomic E-state index is -0.674. The Morgan fingerprint density at radius 3 is 2.57 bits per heavy atom. The molecule has 3 aliphatic carbocycles. The molecule has 9 atom stereocenters. The van der Waals surface area contributed by atoms with Gasteiger partial charge in [-0.3, -0.25) is 10.6 Å². The molecule has 7 rings (SSSR count). The predicted octanol–water partition coefficient (Wildman–Crippen LogP) is 2.51. The quantitative estimate of drug-likeness (QED) is 0.222. The molecule has 0 spiro atoms. The van der Waals surface area contributed by atoms with Crippen LogP contribution in [0.5, 0.6) is 0 Å². The summed E-state index contributed by atoms with van der Waals surface area (Å²) in [6, 6.07) is 7.64. The van der Waals surface area contributed by atoms with E-state index in [0.717, 1.165) is 49.3 Å². The zero-order valence-electron chi connectivity index (χ0n) is 26.1. The fraction of sp³-hybridized carbons (Fsp3) is 0.818. The Kier molecular flexibility index (Phi) is 7.78. The van der Waals surface area contributed by atoms with Crippen LogP contribution in [0.3, 0.4) is 0 Å². The summed E-state index contributed by atoms with van der Waals surface area (Å²) in [5.74, 6) is 1.25. The smallest absolute Gasteiger partial charge is 0.150 e. The first-order valence-corrected chi connectivity index (χ1v) is 17.0. The second-order valence-corrected chi connectivity index (χ2v) is 15.2. The summed E-state index contributed by atoms with van der Waals surface area (Å²) in [5, 5.41) is 37.1.